The molecule has 2 aromatic rings. The molecular formula is C16H14O4. The molecule has 0 aliphatic carbocycles. The van der Waals surface area contributed by atoms with Crippen molar-refractivity contribution in [3.05, 3.63) is 59.7 Å². The van der Waals surface area contributed by atoms with Crippen molar-refractivity contribution in [1.29, 1.82) is 0 Å². The average Bonchev–Trinajstić information content (AvgIpc) is 2.93. The Morgan fingerprint density at radius 2 is 1.85 bits per heavy atom. The van der Waals surface area contributed by atoms with E-state index in [4.69, 9.17) is 9.47 Å². The fourth-order valence-electron chi connectivity index (χ4n) is 2.33. The minimum Gasteiger partial charge on any atom is -0.481 e. The summed E-state index contributed by atoms with van der Waals surface area (Å²) in [5, 5.41) is 9.46. The van der Waals surface area contributed by atoms with Gasteiger partial charge in [-0.1, -0.05) is 36.4 Å². The van der Waals surface area contributed by atoms with E-state index in [9.17, 15) is 9.90 Å². The van der Waals surface area contributed by atoms with E-state index in [0.29, 0.717) is 17.9 Å². The van der Waals surface area contributed by atoms with Gasteiger partial charge < -0.3 is 14.6 Å². The van der Waals surface area contributed by atoms with E-state index in [2.05, 4.69) is 0 Å². The van der Waals surface area contributed by atoms with Crippen LogP contribution in [0.1, 0.15) is 17.0 Å². The van der Waals surface area contributed by atoms with Crippen molar-refractivity contribution < 1.29 is 19.4 Å². The van der Waals surface area contributed by atoms with Crippen molar-refractivity contribution in [1.82, 2.24) is 0 Å². The molecule has 0 radical (unpaired) electrons. The molecule has 0 aromatic heterocycles. The van der Waals surface area contributed by atoms with Crippen molar-refractivity contribution in [2.24, 2.45) is 0 Å². The molecule has 0 spiro atoms. The lowest BCUT2D eigenvalue weighted by molar-refractivity contribution is -0.138. The van der Waals surface area contributed by atoms with Crippen LogP contribution >= 0.6 is 0 Å². The van der Waals surface area contributed by atoms with Crippen molar-refractivity contribution in [3.63, 3.8) is 0 Å². The van der Waals surface area contributed by atoms with Crippen molar-refractivity contribution in [2.75, 3.05) is 6.79 Å². The Bertz CT molecular complexity index is 622. The topological polar surface area (TPSA) is 55.8 Å². The number of rotatable bonds is 4. The summed E-state index contributed by atoms with van der Waals surface area (Å²) < 4.78 is 10.5. The van der Waals surface area contributed by atoms with Crippen LogP contribution in [0.3, 0.4) is 0 Å². The smallest absolute Gasteiger partial charge is 0.311 e. The summed E-state index contributed by atoms with van der Waals surface area (Å²) in [5.74, 6) is -0.154. The van der Waals surface area contributed by atoms with E-state index in [1.54, 1.807) is 18.2 Å². The molecule has 3 rings (SSSR count). The van der Waals surface area contributed by atoms with Gasteiger partial charge >= 0.3 is 5.97 Å². The van der Waals surface area contributed by atoms with Crippen LogP contribution in [0.15, 0.2) is 48.5 Å². The van der Waals surface area contributed by atoms with Gasteiger partial charge in [-0.3, -0.25) is 4.79 Å². The zero-order valence-electron chi connectivity index (χ0n) is 10.8. The number of benzene rings is 2. The predicted octanol–water partition coefficient (Wildman–Crippen LogP) is 2.83. The number of carboxylic acid groups (broad SMARTS) is 1. The summed E-state index contributed by atoms with van der Waals surface area (Å²) in [6.07, 6.45) is 0.454. The lowest BCUT2D eigenvalue weighted by Gasteiger charge is -2.13. The van der Waals surface area contributed by atoms with Crippen molar-refractivity contribution >= 4 is 5.97 Å². The first-order valence-corrected chi connectivity index (χ1v) is 6.40. The second-order valence-corrected chi connectivity index (χ2v) is 4.69. The highest BCUT2D eigenvalue weighted by atomic mass is 16.7. The number of hydrogen-bond donors (Lipinski definition) is 1. The summed E-state index contributed by atoms with van der Waals surface area (Å²) in [6, 6.07) is 14.9. The molecule has 20 heavy (non-hydrogen) atoms. The van der Waals surface area contributed by atoms with Gasteiger partial charge in [0.2, 0.25) is 6.79 Å². The fourth-order valence-corrected chi connectivity index (χ4v) is 2.33. The fraction of sp³-hybridized carbons (Fsp3) is 0.188. The first kappa shape index (κ1) is 12.5. The van der Waals surface area contributed by atoms with Gasteiger partial charge in [0.05, 0.1) is 5.92 Å². The minimum atomic E-state index is -0.840. The Morgan fingerprint density at radius 1 is 1.10 bits per heavy atom. The number of ether oxygens (including phenoxy) is 2. The quantitative estimate of drug-likeness (QED) is 0.928. The largest absolute Gasteiger partial charge is 0.481 e. The van der Waals surface area contributed by atoms with Crippen LogP contribution in [0.5, 0.6) is 11.5 Å². The molecule has 1 unspecified atom stereocenters. The highest BCUT2D eigenvalue weighted by Gasteiger charge is 2.23. The molecule has 102 valence electrons. The molecule has 1 heterocycles. The molecule has 0 saturated heterocycles. The Morgan fingerprint density at radius 3 is 2.60 bits per heavy atom. The van der Waals surface area contributed by atoms with Gasteiger partial charge in [-0.25, -0.2) is 0 Å². The third-order valence-electron chi connectivity index (χ3n) is 3.38. The van der Waals surface area contributed by atoms with E-state index < -0.39 is 11.9 Å². The molecule has 0 bridgehead atoms. The first-order valence-electron chi connectivity index (χ1n) is 6.40. The lowest BCUT2D eigenvalue weighted by Crippen LogP contribution is -2.14. The molecule has 0 fully saturated rings. The standard InChI is InChI=1S/C16H14O4/c17-16(18)13(8-11-4-2-1-3-5-11)12-6-7-14-15(9-12)20-10-19-14/h1-7,9,13H,8,10H2,(H,17,18). The molecule has 2 aromatic carbocycles. The highest BCUT2D eigenvalue weighted by molar-refractivity contribution is 5.77. The Balaban J connectivity index is 1.89. The summed E-state index contributed by atoms with van der Waals surface area (Å²) in [5.41, 5.74) is 1.73. The normalized spacial score (nSPS) is 14.0. The maximum Gasteiger partial charge on any atom is 0.311 e. The maximum atomic E-state index is 11.5. The average molecular weight is 270 g/mol. The van der Waals surface area contributed by atoms with Gasteiger partial charge in [0.1, 0.15) is 0 Å². The molecular weight excluding hydrogens is 256 g/mol. The molecule has 4 nitrogen and oxygen atoms in total. The minimum absolute atomic E-state index is 0.190. The van der Waals surface area contributed by atoms with Crippen LogP contribution in [-0.2, 0) is 11.2 Å². The Hall–Kier alpha value is -2.49. The second-order valence-electron chi connectivity index (χ2n) is 4.69. The van der Waals surface area contributed by atoms with Crippen LogP contribution in [0.25, 0.3) is 0 Å². The lowest BCUT2D eigenvalue weighted by atomic mass is 9.92. The van der Waals surface area contributed by atoms with Crippen LogP contribution in [0.2, 0.25) is 0 Å². The van der Waals surface area contributed by atoms with E-state index in [-0.39, 0.29) is 6.79 Å². The van der Waals surface area contributed by atoms with Crippen LogP contribution in [0, 0.1) is 0 Å². The van der Waals surface area contributed by atoms with E-state index in [1.165, 1.54) is 0 Å². The van der Waals surface area contributed by atoms with Crippen molar-refractivity contribution in [2.45, 2.75) is 12.3 Å². The number of carboxylic acids is 1. The number of aliphatic carboxylic acids is 1. The number of fused-ring (bicyclic) bond motifs is 1. The van der Waals surface area contributed by atoms with Gasteiger partial charge in [0.15, 0.2) is 11.5 Å². The van der Waals surface area contributed by atoms with E-state index in [1.807, 2.05) is 30.3 Å². The zero-order chi connectivity index (χ0) is 13.9. The molecule has 1 aliphatic rings. The zero-order valence-corrected chi connectivity index (χ0v) is 10.8. The second kappa shape index (κ2) is 5.25. The molecule has 1 N–H and O–H groups in total. The van der Waals surface area contributed by atoms with Crippen LogP contribution in [-0.4, -0.2) is 17.9 Å². The SMILES string of the molecule is O=C(O)C(Cc1ccccc1)c1ccc2c(c1)OCO2. The Labute approximate surface area is 116 Å². The van der Waals surface area contributed by atoms with Gasteiger partial charge in [-0.05, 0) is 29.7 Å². The first-order chi connectivity index (χ1) is 9.74. The van der Waals surface area contributed by atoms with Crippen LogP contribution < -0.4 is 9.47 Å². The molecule has 1 atom stereocenters. The van der Waals surface area contributed by atoms with Crippen molar-refractivity contribution in [3.8, 4) is 11.5 Å². The van der Waals surface area contributed by atoms with Gasteiger partial charge in [0, 0.05) is 0 Å². The van der Waals surface area contributed by atoms with Crippen LogP contribution in [0.4, 0.5) is 0 Å². The summed E-state index contributed by atoms with van der Waals surface area (Å²) in [4.78, 5) is 11.5. The maximum absolute atomic E-state index is 11.5. The number of hydrogen-bond acceptors (Lipinski definition) is 3. The highest BCUT2D eigenvalue weighted by Crippen LogP contribution is 2.35. The van der Waals surface area contributed by atoms with E-state index >= 15 is 0 Å². The summed E-state index contributed by atoms with van der Waals surface area (Å²) in [6.45, 7) is 0.190. The monoisotopic (exact) mass is 270 g/mol. The van der Waals surface area contributed by atoms with E-state index in [0.717, 1.165) is 11.1 Å². The summed E-state index contributed by atoms with van der Waals surface area (Å²) in [7, 11) is 0. The third-order valence-corrected chi connectivity index (χ3v) is 3.38. The summed E-state index contributed by atoms with van der Waals surface area (Å²) >= 11 is 0. The molecule has 0 saturated carbocycles. The molecule has 4 heteroatoms. The molecule has 0 amide bonds. The molecule has 1 aliphatic heterocycles. The third kappa shape index (κ3) is 2.45. The predicted molar refractivity (Wildman–Crippen MR) is 73.1 cm³/mol. The number of carbonyl (C=O) groups is 1. The van der Waals surface area contributed by atoms with Gasteiger partial charge in [-0.15, -0.1) is 0 Å². The van der Waals surface area contributed by atoms with Gasteiger partial charge in [0.25, 0.3) is 0 Å². The van der Waals surface area contributed by atoms with Gasteiger partial charge in [-0.2, -0.15) is 0 Å². The Kier molecular flexibility index (Phi) is 3.29.